The van der Waals surface area contributed by atoms with E-state index >= 15 is 0 Å². The standard InChI is InChI=1S/C15H17FN4O3/c1-10-12(19-23-18-10)9-13(21)20-7-4-15(22,5-8-20)11-3-2-6-17-14(11)16/h2-3,6,22H,4-5,7-9H2,1H3. The first-order valence-electron chi connectivity index (χ1n) is 7.39. The molecular weight excluding hydrogens is 303 g/mol. The fourth-order valence-corrected chi connectivity index (χ4v) is 2.79. The van der Waals surface area contributed by atoms with Gasteiger partial charge in [0.1, 0.15) is 11.4 Å². The van der Waals surface area contributed by atoms with Crippen molar-refractivity contribution in [1.29, 1.82) is 0 Å². The van der Waals surface area contributed by atoms with Gasteiger partial charge in [-0.3, -0.25) is 4.79 Å². The Morgan fingerprint density at radius 2 is 2.17 bits per heavy atom. The number of hydrogen-bond donors (Lipinski definition) is 1. The van der Waals surface area contributed by atoms with Crippen LogP contribution in [0.15, 0.2) is 23.0 Å². The third-order valence-electron chi connectivity index (χ3n) is 4.27. The maximum atomic E-state index is 13.8. The van der Waals surface area contributed by atoms with Crippen LogP contribution in [0.4, 0.5) is 4.39 Å². The summed E-state index contributed by atoms with van der Waals surface area (Å²) in [4.78, 5) is 17.5. The van der Waals surface area contributed by atoms with Gasteiger partial charge in [0.15, 0.2) is 0 Å². The van der Waals surface area contributed by atoms with Crippen LogP contribution in [0.5, 0.6) is 0 Å². The zero-order chi connectivity index (χ0) is 16.4. The number of nitrogens with zero attached hydrogens (tertiary/aromatic N) is 4. The first kappa shape index (κ1) is 15.5. The molecule has 2 aromatic heterocycles. The number of aromatic nitrogens is 3. The topological polar surface area (TPSA) is 92.4 Å². The molecule has 122 valence electrons. The zero-order valence-electron chi connectivity index (χ0n) is 12.7. The van der Waals surface area contributed by atoms with Crippen molar-refractivity contribution < 1.29 is 18.9 Å². The molecule has 1 aliphatic heterocycles. The van der Waals surface area contributed by atoms with E-state index < -0.39 is 11.5 Å². The van der Waals surface area contributed by atoms with Crippen LogP contribution in [0.1, 0.15) is 29.8 Å². The highest BCUT2D eigenvalue weighted by atomic mass is 19.1. The quantitative estimate of drug-likeness (QED) is 0.847. The van der Waals surface area contributed by atoms with E-state index in [0.29, 0.717) is 24.5 Å². The number of hydrogen-bond acceptors (Lipinski definition) is 6. The van der Waals surface area contributed by atoms with Crippen molar-refractivity contribution in [2.45, 2.75) is 31.8 Å². The van der Waals surface area contributed by atoms with Crippen molar-refractivity contribution in [3.8, 4) is 0 Å². The van der Waals surface area contributed by atoms with Crippen molar-refractivity contribution in [3.05, 3.63) is 41.2 Å². The Labute approximate surface area is 132 Å². The van der Waals surface area contributed by atoms with Gasteiger partial charge in [-0.15, -0.1) is 0 Å². The van der Waals surface area contributed by atoms with Crippen LogP contribution < -0.4 is 0 Å². The molecule has 1 N–H and O–H groups in total. The number of likely N-dealkylation sites (tertiary alicyclic amines) is 1. The Kier molecular flexibility index (Phi) is 4.08. The largest absolute Gasteiger partial charge is 0.385 e. The van der Waals surface area contributed by atoms with Crippen molar-refractivity contribution in [2.75, 3.05) is 13.1 Å². The highest BCUT2D eigenvalue weighted by Crippen LogP contribution is 2.33. The molecule has 8 heteroatoms. The molecule has 1 fully saturated rings. The smallest absolute Gasteiger partial charge is 0.228 e. The van der Waals surface area contributed by atoms with Gasteiger partial charge >= 0.3 is 0 Å². The number of halogens is 1. The van der Waals surface area contributed by atoms with Gasteiger partial charge in [0.2, 0.25) is 11.9 Å². The maximum absolute atomic E-state index is 13.8. The van der Waals surface area contributed by atoms with Crippen molar-refractivity contribution in [2.24, 2.45) is 0 Å². The van der Waals surface area contributed by atoms with Crippen LogP contribution in [0, 0.1) is 12.9 Å². The van der Waals surface area contributed by atoms with E-state index in [1.807, 2.05) is 0 Å². The first-order chi connectivity index (χ1) is 11.0. The van der Waals surface area contributed by atoms with Crippen molar-refractivity contribution in [3.63, 3.8) is 0 Å². The molecule has 0 aromatic carbocycles. The molecule has 0 bridgehead atoms. The molecule has 23 heavy (non-hydrogen) atoms. The van der Waals surface area contributed by atoms with Gasteiger partial charge in [-0.2, -0.15) is 4.39 Å². The summed E-state index contributed by atoms with van der Waals surface area (Å²) >= 11 is 0. The van der Waals surface area contributed by atoms with E-state index in [2.05, 4.69) is 19.9 Å². The average Bonchev–Trinajstić information content (AvgIpc) is 2.93. The summed E-state index contributed by atoms with van der Waals surface area (Å²) in [5.74, 6) is -0.781. The Balaban J connectivity index is 1.65. The van der Waals surface area contributed by atoms with Crippen LogP contribution in [-0.4, -0.2) is 44.3 Å². The number of carbonyl (C=O) groups excluding carboxylic acids is 1. The fourth-order valence-electron chi connectivity index (χ4n) is 2.79. The van der Waals surface area contributed by atoms with Gasteiger partial charge in [-0.1, -0.05) is 16.4 Å². The number of amides is 1. The normalized spacial score (nSPS) is 17.3. The maximum Gasteiger partial charge on any atom is 0.228 e. The van der Waals surface area contributed by atoms with Crippen molar-refractivity contribution >= 4 is 5.91 Å². The third-order valence-corrected chi connectivity index (χ3v) is 4.27. The van der Waals surface area contributed by atoms with E-state index in [1.54, 1.807) is 17.9 Å². The predicted octanol–water partition coefficient (Wildman–Crippen LogP) is 0.965. The van der Waals surface area contributed by atoms with Gasteiger partial charge in [0.25, 0.3) is 0 Å². The number of carbonyl (C=O) groups is 1. The SMILES string of the molecule is Cc1nonc1CC(=O)N1CCC(O)(c2cccnc2F)CC1. The minimum atomic E-state index is -1.29. The van der Waals surface area contributed by atoms with Crippen molar-refractivity contribution in [1.82, 2.24) is 20.2 Å². The van der Waals surface area contributed by atoms with Gasteiger partial charge in [-0.25, -0.2) is 9.61 Å². The number of aryl methyl sites for hydroxylation is 1. The lowest BCUT2D eigenvalue weighted by molar-refractivity contribution is -0.135. The van der Waals surface area contributed by atoms with E-state index in [0.717, 1.165) is 0 Å². The van der Waals surface area contributed by atoms with E-state index in [1.165, 1.54) is 12.3 Å². The molecule has 0 spiro atoms. The lowest BCUT2D eigenvalue weighted by atomic mass is 9.85. The number of rotatable bonds is 3. The summed E-state index contributed by atoms with van der Waals surface area (Å²) in [5.41, 5.74) is -0.0115. The molecular formula is C15H17FN4O3. The zero-order valence-corrected chi connectivity index (χ0v) is 12.7. The molecule has 0 aliphatic carbocycles. The van der Waals surface area contributed by atoms with Gasteiger partial charge in [-0.05, 0) is 25.8 Å². The van der Waals surface area contributed by atoms with E-state index in [9.17, 15) is 14.3 Å². The summed E-state index contributed by atoms with van der Waals surface area (Å²) in [7, 11) is 0. The molecule has 1 amide bonds. The molecule has 2 aromatic rings. The number of pyridine rings is 1. The molecule has 7 nitrogen and oxygen atoms in total. The fraction of sp³-hybridized carbons (Fsp3) is 0.467. The molecule has 0 atom stereocenters. The van der Waals surface area contributed by atoms with Crippen LogP contribution in [0.25, 0.3) is 0 Å². The summed E-state index contributed by atoms with van der Waals surface area (Å²) in [5, 5.41) is 18.0. The highest BCUT2D eigenvalue weighted by molar-refractivity contribution is 5.78. The highest BCUT2D eigenvalue weighted by Gasteiger charge is 2.37. The molecule has 0 unspecified atom stereocenters. The summed E-state index contributed by atoms with van der Waals surface area (Å²) < 4.78 is 18.4. The molecule has 3 heterocycles. The Morgan fingerprint density at radius 1 is 1.43 bits per heavy atom. The average molecular weight is 320 g/mol. The van der Waals surface area contributed by atoms with E-state index in [4.69, 9.17) is 0 Å². The van der Waals surface area contributed by atoms with Gasteiger partial charge in [0.05, 0.1) is 12.0 Å². The minimum absolute atomic E-state index is 0.106. The summed E-state index contributed by atoms with van der Waals surface area (Å²) in [6.45, 7) is 2.40. The van der Waals surface area contributed by atoms with Crippen LogP contribution in [0.2, 0.25) is 0 Å². The molecule has 0 radical (unpaired) electrons. The Bertz CT molecular complexity index is 710. The minimum Gasteiger partial charge on any atom is -0.385 e. The predicted molar refractivity (Wildman–Crippen MR) is 76.6 cm³/mol. The molecule has 1 saturated heterocycles. The van der Waals surface area contributed by atoms with E-state index in [-0.39, 0.29) is 30.7 Å². The number of piperidine rings is 1. The summed E-state index contributed by atoms with van der Waals surface area (Å²) in [6.07, 6.45) is 1.97. The van der Waals surface area contributed by atoms with Crippen LogP contribution in [0.3, 0.4) is 0 Å². The number of aliphatic hydroxyl groups is 1. The second-order valence-corrected chi connectivity index (χ2v) is 5.73. The van der Waals surface area contributed by atoms with Crippen LogP contribution >= 0.6 is 0 Å². The Morgan fingerprint density at radius 3 is 2.78 bits per heavy atom. The monoisotopic (exact) mass is 320 g/mol. The second kappa shape index (κ2) is 6.04. The molecule has 0 saturated carbocycles. The lowest BCUT2D eigenvalue weighted by Gasteiger charge is -2.38. The third kappa shape index (κ3) is 3.07. The lowest BCUT2D eigenvalue weighted by Crippen LogP contribution is -2.46. The second-order valence-electron chi connectivity index (χ2n) is 5.73. The molecule has 1 aliphatic rings. The van der Waals surface area contributed by atoms with Gasteiger partial charge < -0.3 is 10.0 Å². The molecule has 3 rings (SSSR count). The van der Waals surface area contributed by atoms with Gasteiger partial charge in [0, 0.05) is 24.8 Å². The summed E-state index contributed by atoms with van der Waals surface area (Å²) in [6, 6.07) is 3.12. The first-order valence-corrected chi connectivity index (χ1v) is 7.39. The Hall–Kier alpha value is -2.35. The van der Waals surface area contributed by atoms with Crippen LogP contribution in [-0.2, 0) is 16.8 Å².